The molecular weight excluding hydrogens is 286 g/mol. The SMILES string of the molecule is CCC(C)c1ccc(S(=O)(=O)N(CCCO)C(C)C)cc1. The van der Waals surface area contributed by atoms with Crippen molar-refractivity contribution in [2.24, 2.45) is 0 Å². The van der Waals surface area contributed by atoms with Crippen LogP contribution in [0.5, 0.6) is 0 Å². The van der Waals surface area contributed by atoms with Crippen LogP contribution in [0.25, 0.3) is 0 Å². The lowest BCUT2D eigenvalue weighted by molar-refractivity contribution is 0.258. The lowest BCUT2D eigenvalue weighted by atomic mass is 9.99. The van der Waals surface area contributed by atoms with Crippen molar-refractivity contribution >= 4 is 10.0 Å². The Hall–Kier alpha value is -0.910. The molecule has 0 aliphatic rings. The second-order valence-corrected chi connectivity index (χ2v) is 7.56. The molecule has 1 aromatic rings. The van der Waals surface area contributed by atoms with Gasteiger partial charge in [-0.05, 0) is 50.3 Å². The van der Waals surface area contributed by atoms with Crippen molar-refractivity contribution in [3.63, 3.8) is 0 Å². The standard InChI is InChI=1S/C16H27NO3S/c1-5-14(4)15-7-9-16(10-8-15)21(19,20)17(13(2)3)11-6-12-18/h7-10,13-14,18H,5-6,11-12H2,1-4H3. The van der Waals surface area contributed by atoms with Crippen molar-refractivity contribution in [3.05, 3.63) is 29.8 Å². The third-order valence-electron chi connectivity index (χ3n) is 3.78. The van der Waals surface area contributed by atoms with E-state index in [1.54, 1.807) is 12.1 Å². The molecule has 0 spiro atoms. The van der Waals surface area contributed by atoms with Crippen molar-refractivity contribution < 1.29 is 13.5 Å². The lowest BCUT2D eigenvalue weighted by Gasteiger charge is -2.25. The quantitative estimate of drug-likeness (QED) is 0.802. The van der Waals surface area contributed by atoms with Gasteiger partial charge in [-0.3, -0.25) is 0 Å². The maximum Gasteiger partial charge on any atom is 0.243 e. The molecule has 1 rings (SSSR count). The minimum atomic E-state index is -3.50. The molecule has 0 aliphatic carbocycles. The highest BCUT2D eigenvalue weighted by atomic mass is 32.2. The first-order valence-corrected chi connectivity index (χ1v) is 9.01. The van der Waals surface area contributed by atoms with Gasteiger partial charge in [-0.25, -0.2) is 8.42 Å². The fraction of sp³-hybridized carbons (Fsp3) is 0.625. The van der Waals surface area contributed by atoms with Gasteiger partial charge in [0.2, 0.25) is 10.0 Å². The number of hydrogen-bond donors (Lipinski definition) is 1. The third kappa shape index (κ3) is 4.53. The molecule has 21 heavy (non-hydrogen) atoms. The van der Waals surface area contributed by atoms with E-state index in [1.807, 2.05) is 26.0 Å². The third-order valence-corrected chi connectivity index (χ3v) is 5.87. The molecule has 0 fully saturated rings. The van der Waals surface area contributed by atoms with Crippen LogP contribution in [0.3, 0.4) is 0 Å². The number of hydrogen-bond acceptors (Lipinski definition) is 3. The molecule has 0 saturated heterocycles. The van der Waals surface area contributed by atoms with Crippen LogP contribution in [-0.2, 0) is 10.0 Å². The van der Waals surface area contributed by atoms with Crippen LogP contribution in [-0.4, -0.2) is 37.0 Å². The van der Waals surface area contributed by atoms with Gasteiger partial charge in [0, 0.05) is 19.2 Å². The first-order valence-electron chi connectivity index (χ1n) is 7.57. The molecule has 0 amide bonds. The van der Waals surface area contributed by atoms with E-state index in [1.165, 1.54) is 4.31 Å². The van der Waals surface area contributed by atoms with Crippen LogP contribution in [0.1, 0.15) is 52.0 Å². The summed E-state index contributed by atoms with van der Waals surface area (Å²) in [4.78, 5) is 0.321. The average molecular weight is 313 g/mol. The van der Waals surface area contributed by atoms with Crippen molar-refractivity contribution in [3.8, 4) is 0 Å². The van der Waals surface area contributed by atoms with Crippen LogP contribution < -0.4 is 0 Å². The second-order valence-electron chi connectivity index (χ2n) is 5.66. The molecule has 1 unspecified atom stereocenters. The first kappa shape index (κ1) is 18.1. The van der Waals surface area contributed by atoms with E-state index in [0.717, 1.165) is 12.0 Å². The summed E-state index contributed by atoms with van der Waals surface area (Å²) < 4.78 is 26.8. The van der Waals surface area contributed by atoms with E-state index in [2.05, 4.69) is 13.8 Å². The molecule has 0 heterocycles. The molecule has 0 bridgehead atoms. The number of aliphatic hydroxyl groups excluding tert-OH is 1. The fourth-order valence-corrected chi connectivity index (χ4v) is 3.90. The monoisotopic (exact) mass is 313 g/mol. The van der Waals surface area contributed by atoms with Gasteiger partial charge in [0.25, 0.3) is 0 Å². The number of rotatable bonds is 8. The summed E-state index contributed by atoms with van der Waals surface area (Å²) in [5.41, 5.74) is 1.16. The van der Waals surface area contributed by atoms with Crippen molar-refractivity contribution in [2.75, 3.05) is 13.2 Å². The number of nitrogens with zero attached hydrogens (tertiary/aromatic N) is 1. The molecule has 1 aromatic carbocycles. The Labute approximate surface area is 128 Å². The zero-order valence-corrected chi connectivity index (χ0v) is 14.2. The van der Waals surface area contributed by atoms with Gasteiger partial charge in [-0.15, -0.1) is 0 Å². The van der Waals surface area contributed by atoms with Gasteiger partial charge in [-0.1, -0.05) is 26.0 Å². The Kier molecular flexibility index (Phi) is 6.84. The predicted molar refractivity (Wildman–Crippen MR) is 85.9 cm³/mol. The minimum Gasteiger partial charge on any atom is -0.396 e. The molecule has 0 aliphatic heterocycles. The second kappa shape index (κ2) is 7.92. The van der Waals surface area contributed by atoms with E-state index >= 15 is 0 Å². The van der Waals surface area contributed by atoms with Crippen LogP contribution in [0.4, 0.5) is 0 Å². The van der Waals surface area contributed by atoms with Gasteiger partial charge < -0.3 is 5.11 Å². The van der Waals surface area contributed by atoms with Crippen molar-refractivity contribution in [1.29, 1.82) is 0 Å². The average Bonchev–Trinajstić information content (AvgIpc) is 2.46. The minimum absolute atomic E-state index is 0.00824. The number of sulfonamides is 1. The lowest BCUT2D eigenvalue weighted by Crippen LogP contribution is -2.38. The highest BCUT2D eigenvalue weighted by Gasteiger charge is 2.26. The van der Waals surface area contributed by atoms with E-state index in [0.29, 0.717) is 23.8 Å². The summed E-state index contributed by atoms with van der Waals surface area (Å²) in [6.45, 7) is 8.27. The van der Waals surface area contributed by atoms with Crippen LogP contribution in [0.15, 0.2) is 29.2 Å². The zero-order valence-electron chi connectivity index (χ0n) is 13.4. The van der Waals surface area contributed by atoms with Gasteiger partial charge >= 0.3 is 0 Å². The Morgan fingerprint density at radius 2 is 1.71 bits per heavy atom. The van der Waals surface area contributed by atoms with Gasteiger partial charge in [0.15, 0.2) is 0 Å². The Morgan fingerprint density at radius 3 is 2.14 bits per heavy atom. The molecule has 5 heteroatoms. The molecule has 1 atom stereocenters. The smallest absolute Gasteiger partial charge is 0.243 e. The van der Waals surface area contributed by atoms with Crippen LogP contribution in [0, 0.1) is 0 Å². The normalized spacial score (nSPS) is 13.9. The van der Waals surface area contributed by atoms with Crippen molar-refractivity contribution in [1.82, 2.24) is 4.31 Å². The summed E-state index contributed by atoms with van der Waals surface area (Å²) in [6.07, 6.45) is 1.48. The van der Waals surface area contributed by atoms with Gasteiger partial charge in [0.05, 0.1) is 4.90 Å². The Bertz CT molecular complexity index is 523. The fourth-order valence-electron chi connectivity index (χ4n) is 2.22. The summed E-state index contributed by atoms with van der Waals surface area (Å²) in [6, 6.07) is 7.03. The highest BCUT2D eigenvalue weighted by molar-refractivity contribution is 7.89. The maximum absolute atomic E-state index is 12.7. The van der Waals surface area contributed by atoms with E-state index in [4.69, 9.17) is 5.11 Å². The van der Waals surface area contributed by atoms with Gasteiger partial charge in [0.1, 0.15) is 0 Å². The Balaban J connectivity index is 3.05. The van der Waals surface area contributed by atoms with Gasteiger partial charge in [-0.2, -0.15) is 4.31 Å². The molecule has 1 N–H and O–H groups in total. The predicted octanol–water partition coefficient (Wildman–Crippen LogP) is 2.98. The largest absolute Gasteiger partial charge is 0.396 e. The summed E-state index contributed by atoms with van der Waals surface area (Å²) >= 11 is 0. The van der Waals surface area contributed by atoms with E-state index in [9.17, 15) is 8.42 Å². The zero-order chi connectivity index (χ0) is 16.0. The molecule has 0 saturated carbocycles. The molecule has 120 valence electrons. The summed E-state index contributed by atoms with van der Waals surface area (Å²) in [5.74, 6) is 0.428. The molecule has 4 nitrogen and oxygen atoms in total. The van der Waals surface area contributed by atoms with Crippen molar-refractivity contribution in [2.45, 2.75) is 57.4 Å². The van der Waals surface area contributed by atoms with Crippen LogP contribution in [0.2, 0.25) is 0 Å². The van der Waals surface area contributed by atoms with E-state index < -0.39 is 10.0 Å². The highest BCUT2D eigenvalue weighted by Crippen LogP contribution is 2.23. The number of benzene rings is 1. The summed E-state index contributed by atoms with van der Waals surface area (Å²) in [5, 5.41) is 8.94. The number of aliphatic hydroxyl groups is 1. The van der Waals surface area contributed by atoms with E-state index in [-0.39, 0.29) is 12.6 Å². The molecule has 0 radical (unpaired) electrons. The first-order chi connectivity index (χ1) is 9.84. The Morgan fingerprint density at radius 1 is 1.14 bits per heavy atom. The molecular formula is C16H27NO3S. The summed E-state index contributed by atoms with van der Waals surface area (Å²) in [7, 11) is -3.50. The maximum atomic E-state index is 12.7. The topological polar surface area (TPSA) is 57.6 Å². The van der Waals surface area contributed by atoms with Crippen LogP contribution >= 0.6 is 0 Å². The molecule has 0 aromatic heterocycles.